The molecule has 2 aromatic rings. The molecule has 0 bridgehead atoms. The maximum absolute atomic E-state index is 12.8. The van der Waals surface area contributed by atoms with Crippen LogP contribution in [0.4, 0.5) is 5.69 Å². The summed E-state index contributed by atoms with van der Waals surface area (Å²) >= 11 is 6.17. The predicted molar refractivity (Wildman–Crippen MR) is 210 cm³/mol. The van der Waals surface area contributed by atoms with E-state index >= 15 is 0 Å². The lowest BCUT2D eigenvalue weighted by Gasteiger charge is -2.64. The van der Waals surface area contributed by atoms with Gasteiger partial charge in [-0.15, -0.1) is 0 Å². The fraction of sp³-hybridized carbons (Fsp3) is 0.744. The van der Waals surface area contributed by atoms with Crippen molar-refractivity contribution in [1.82, 2.24) is 14.8 Å². The summed E-state index contributed by atoms with van der Waals surface area (Å²) in [5.41, 5.74) is 2.04. The molecule has 1 N–H and O–H groups in total. The zero-order valence-electron chi connectivity index (χ0n) is 33.1. The van der Waals surface area contributed by atoms with Crippen LogP contribution in [0, 0.1) is 46.3 Å². The van der Waals surface area contributed by atoms with Gasteiger partial charge >= 0.3 is 11.9 Å². The van der Waals surface area contributed by atoms with Gasteiger partial charge in [-0.3, -0.25) is 14.6 Å². The van der Waals surface area contributed by atoms with Gasteiger partial charge in [0.15, 0.2) is 0 Å². The Morgan fingerprint density at radius 1 is 0.981 bits per heavy atom. The average Bonchev–Trinajstić information content (AvgIpc) is 3.44. The second kappa shape index (κ2) is 16.1. The molecule has 4 fully saturated rings. The van der Waals surface area contributed by atoms with Crippen LogP contribution < -0.4 is 5.32 Å². The van der Waals surface area contributed by atoms with Crippen molar-refractivity contribution in [1.29, 1.82) is 0 Å². The van der Waals surface area contributed by atoms with Crippen LogP contribution >= 0.6 is 11.6 Å². The minimum absolute atomic E-state index is 0.0583. The molecule has 0 saturated heterocycles. The molecule has 1 heterocycles. The number of hydrogen-bond acceptors (Lipinski definition) is 8. The van der Waals surface area contributed by atoms with Crippen LogP contribution in [0.3, 0.4) is 0 Å². The maximum Gasteiger partial charge on any atom is 0.302 e. The summed E-state index contributed by atoms with van der Waals surface area (Å²) < 4.78 is 12.7. The van der Waals surface area contributed by atoms with E-state index in [0.29, 0.717) is 46.6 Å². The first kappa shape index (κ1) is 39.3. The number of carbonyl (C=O) groups excluding carboxylic acids is 2. The molecular weight excluding hydrogens is 672 g/mol. The van der Waals surface area contributed by atoms with E-state index in [2.05, 4.69) is 62.0 Å². The highest BCUT2D eigenvalue weighted by Crippen LogP contribution is 2.69. The normalized spacial score (nSPS) is 34.8. The van der Waals surface area contributed by atoms with Crippen molar-refractivity contribution >= 4 is 40.1 Å². The molecule has 0 amide bonds. The maximum atomic E-state index is 12.8. The number of rotatable bonds is 13. The van der Waals surface area contributed by atoms with Crippen molar-refractivity contribution in [3.8, 4) is 0 Å². The van der Waals surface area contributed by atoms with Crippen molar-refractivity contribution in [3.05, 3.63) is 35.5 Å². The standard InChI is InChI=1S/C43H65ClN4O4/c1-27(11-9-21-48(8)22-10-19-45-37-17-20-46-38-25-31(44)12-13-33(37)38)34-14-15-35-41-36(26-40(43(34,35)5)52-29(3)50)42(4)18-16-32(47(6)7)23-30(42)24-39(41)51-28(2)49/h12-13,17,20,25,27,30,32,34-36,39-41H,9-11,14-16,18-19,21-24,26H2,1-8H3,(H,45,46)/t27?,30-,32+,34+,35?,36?,39+,40-,41?,42-,43+/m0/s1. The molecule has 4 aliphatic carbocycles. The number of fused-ring (bicyclic) bond motifs is 6. The molecule has 4 aliphatic rings. The number of aromatic nitrogens is 1. The monoisotopic (exact) mass is 736 g/mol. The third kappa shape index (κ3) is 7.86. The molecule has 288 valence electrons. The first-order valence-electron chi connectivity index (χ1n) is 20.2. The van der Waals surface area contributed by atoms with Crippen LogP contribution in [0.2, 0.25) is 5.02 Å². The average molecular weight is 737 g/mol. The number of carbonyl (C=O) groups is 2. The predicted octanol–water partition coefficient (Wildman–Crippen LogP) is 8.71. The Balaban J connectivity index is 1.09. The lowest BCUT2D eigenvalue weighted by Crippen LogP contribution is -2.63. The molecule has 9 heteroatoms. The molecule has 0 spiro atoms. The topological polar surface area (TPSA) is 84.0 Å². The van der Waals surface area contributed by atoms with Gasteiger partial charge in [-0.05, 0) is 158 Å². The number of nitrogens with zero attached hydrogens (tertiary/aromatic N) is 3. The SMILES string of the molecule is CC(=O)O[C@H]1CC2C(C3CC[C@H](C(C)CCCN(C)CCCNc4ccnc5cc(Cl)ccc45)[C@]31C)[C@H](OC(C)=O)C[C@@H]1C[C@H](N(C)C)CC[C@]21C. The molecular formula is C43H65ClN4O4. The van der Waals surface area contributed by atoms with Gasteiger partial charge in [0.1, 0.15) is 12.2 Å². The van der Waals surface area contributed by atoms with Gasteiger partial charge in [-0.2, -0.15) is 0 Å². The van der Waals surface area contributed by atoms with Crippen LogP contribution in [0.5, 0.6) is 0 Å². The van der Waals surface area contributed by atoms with E-state index in [1.807, 2.05) is 30.5 Å². The van der Waals surface area contributed by atoms with Crippen LogP contribution in [-0.4, -0.2) is 85.7 Å². The van der Waals surface area contributed by atoms with Crippen molar-refractivity contribution in [2.45, 2.75) is 117 Å². The minimum Gasteiger partial charge on any atom is -0.462 e. The highest BCUT2D eigenvalue weighted by molar-refractivity contribution is 6.31. The molecule has 1 aromatic heterocycles. The summed E-state index contributed by atoms with van der Waals surface area (Å²) in [6.07, 6.45) is 12.7. The Bertz CT molecular complexity index is 1570. The van der Waals surface area contributed by atoms with E-state index < -0.39 is 0 Å². The quantitative estimate of drug-likeness (QED) is 0.162. The van der Waals surface area contributed by atoms with E-state index in [9.17, 15) is 9.59 Å². The second-order valence-electron chi connectivity index (χ2n) is 17.9. The van der Waals surface area contributed by atoms with Crippen LogP contribution in [0.1, 0.15) is 98.8 Å². The number of anilines is 1. The lowest BCUT2D eigenvalue weighted by molar-refractivity contribution is -0.222. The number of esters is 2. The first-order valence-corrected chi connectivity index (χ1v) is 20.6. The van der Waals surface area contributed by atoms with Gasteiger partial charge in [-0.25, -0.2) is 0 Å². The number of pyridine rings is 1. The molecule has 1 aromatic carbocycles. The summed E-state index contributed by atoms with van der Waals surface area (Å²) in [5, 5.41) is 5.40. The Hall–Kier alpha value is -2.42. The smallest absolute Gasteiger partial charge is 0.302 e. The summed E-state index contributed by atoms with van der Waals surface area (Å²) in [7, 11) is 6.63. The van der Waals surface area contributed by atoms with Gasteiger partial charge in [0.25, 0.3) is 0 Å². The highest BCUT2D eigenvalue weighted by Gasteiger charge is 2.67. The number of ether oxygens (including phenoxy) is 2. The molecule has 52 heavy (non-hydrogen) atoms. The van der Waals surface area contributed by atoms with E-state index in [-0.39, 0.29) is 35.0 Å². The molecule has 4 unspecified atom stereocenters. The second-order valence-corrected chi connectivity index (χ2v) is 18.3. The zero-order valence-corrected chi connectivity index (χ0v) is 33.9. The summed E-state index contributed by atoms with van der Waals surface area (Å²) in [4.78, 5) is 34.7. The first-order chi connectivity index (χ1) is 24.7. The Morgan fingerprint density at radius 2 is 1.73 bits per heavy atom. The largest absolute Gasteiger partial charge is 0.462 e. The van der Waals surface area contributed by atoms with Gasteiger partial charge in [0, 0.05) is 60.1 Å². The van der Waals surface area contributed by atoms with Crippen LogP contribution in [0.15, 0.2) is 30.5 Å². The van der Waals surface area contributed by atoms with Gasteiger partial charge in [-0.1, -0.05) is 32.4 Å². The van der Waals surface area contributed by atoms with Crippen molar-refractivity contribution < 1.29 is 19.1 Å². The number of nitrogens with one attached hydrogen (secondary N) is 1. The van der Waals surface area contributed by atoms with Gasteiger partial charge < -0.3 is 24.6 Å². The fourth-order valence-electron chi connectivity index (χ4n) is 12.1. The molecule has 6 rings (SSSR count). The Kier molecular flexibility index (Phi) is 12.2. The third-order valence-electron chi connectivity index (χ3n) is 14.8. The lowest BCUT2D eigenvalue weighted by atomic mass is 9.43. The molecule has 0 aliphatic heterocycles. The summed E-state index contributed by atoms with van der Waals surface area (Å²) in [5.74, 6) is 2.24. The molecule has 11 atom stereocenters. The molecule has 0 radical (unpaired) electrons. The fourth-order valence-corrected chi connectivity index (χ4v) is 12.3. The van der Waals surface area contributed by atoms with E-state index in [0.717, 1.165) is 87.6 Å². The van der Waals surface area contributed by atoms with E-state index in [4.69, 9.17) is 21.1 Å². The zero-order chi connectivity index (χ0) is 37.4. The number of benzene rings is 1. The van der Waals surface area contributed by atoms with Gasteiger partial charge in [0.2, 0.25) is 0 Å². The number of halogens is 1. The number of hydrogen-bond donors (Lipinski definition) is 1. The van der Waals surface area contributed by atoms with Gasteiger partial charge in [0.05, 0.1) is 5.52 Å². The van der Waals surface area contributed by atoms with Crippen molar-refractivity contribution in [2.24, 2.45) is 46.3 Å². The van der Waals surface area contributed by atoms with Crippen LogP contribution in [-0.2, 0) is 19.1 Å². The van der Waals surface area contributed by atoms with E-state index in [1.54, 1.807) is 13.8 Å². The molecule has 4 saturated carbocycles. The Labute approximate surface area is 318 Å². The van der Waals surface area contributed by atoms with Crippen LogP contribution in [0.25, 0.3) is 10.9 Å². The molecule has 8 nitrogen and oxygen atoms in total. The Morgan fingerprint density at radius 3 is 2.46 bits per heavy atom. The third-order valence-corrected chi connectivity index (χ3v) is 15.0. The van der Waals surface area contributed by atoms with Crippen molar-refractivity contribution in [2.75, 3.05) is 46.1 Å². The summed E-state index contributed by atoms with van der Waals surface area (Å²) in [6, 6.07) is 8.46. The minimum atomic E-state index is -0.162. The highest BCUT2D eigenvalue weighted by atomic mass is 35.5. The van der Waals surface area contributed by atoms with E-state index in [1.165, 1.54) is 12.8 Å². The summed E-state index contributed by atoms with van der Waals surface area (Å²) in [6.45, 7) is 13.6. The van der Waals surface area contributed by atoms with Crippen molar-refractivity contribution in [3.63, 3.8) is 0 Å².